The molecule has 0 aliphatic rings. The molecule has 9 heavy (non-hydrogen) atoms. The molecule has 0 amide bonds. The fourth-order valence-corrected chi connectivity index (χ4v) is 0.338. The summed E-state index contributed by atoms with van der Waals surface area (Å²) in [7, 11) is 0. The van der Waals surface area contributed by atoms with Crippen molar-refractivity contribution in [3.05, 3.63) is 12.3 Å². The minimum Gasteiger partial charge on any atom is -0.501 e. The summed E-state index contributed by atoms with van der Waals surface area (Å²) < 4.78 is 4.79. The smallest absolute Gasteiger partial charge is 0.154 e. The monoisotopic (exact) mass is 132 g/mol. The van der Waals surface area contributed by atoms with Crippen LogP contribution in [0.5, 0.6) is 0 Å². The molecule has 0 radical (unpaired) electrons. The van der Waals surface area contributed by atoms with Crippen LogP contribution >= 0.6 is 0 Å². The molecule has 0 atom stereocenters. The van der Waals surface area contributed by atoms with E-state index in [1.165, 1.54) is 6.26 Å². The van der Waals surface area contributed by atoms with Gasteiger partial charge in [-0.2, -0.15) is 0 Å². The van der Waals surface area contributed by atoms with E-state index in [4.69, 9.17) is 14.9 Å². The van der Waals surface area contributed by atoms with E-state index in [0.717, 1.165) is 0 Å². The molecule has 3 heteroatoms. The molecule has 0 aromatic heterocycles. The van der Waals surface area contributed by atoms with Gasteiger partial charge in [0.25, 0.3) is 0 Å². The molecule has 0 fully saturated rings. The molecule has 3 nitrogen and oxygen atoms in total. The van der Waals surface area contributed by atoms with Crippen LogP contribution in [-0.4, -0.2) is 23.1 Å². The maximum Gasteiger partial charge on any atom is 0.154 e. The normalized spacial score (nSPS) is 11.1. The van der Waals surface area contributed by atoms with Gasteiger partial charge in [-0.25, -0.2) is 0 Å². The summed E-state index contributed by atoms with van der Waals surface area (Å²) >= 11 is 0. The largest absolute Gasteiger partial charge is 0.501 e. The van der Waals surface area contributed by atoms with E-state index < -0.39 is 6.29 Å². The van der Waals surface area contributed by atoms with Gasteiger partial charge in [-0.15, -0.1) is 0 Å². The molecular weight excluding hydrogens is 120 g/mol. The van der Waals surface area contributed by atoms with E-state index in [1.807, 2.05) is 6.92 Å². The highest BCUT2D eigenvalue weighted by atomic mass is 16.5. The maximum absolute atomic E-state index is 8.30. The van der Waals surface area contributed by atoms with Crippen LogP contribution in [0.4, 0.5) is 0 Å². The molecule has 0 saturated carbocycles. The van der Waals surface area contributed by atoms with E-state index in [0.29, 0.717) is 6.61 Å². The van der Waals surface area contributed by atoms with E-state index in [2.05, 4.69) is 0 Å². The molecule has 0 spiro atoms. The highest BCUT2D eigenvalue weighted by Gasteiger charge is 1.93. The van der Waals surface area contributed by atoms with Crippen LogP contribution in [0.25, 0.3) is 0 Å². The molecule has 2 N–H and O–H groups in total. The summed E-state index contributed by atoms with van der Waals surface area (Å²) in [5, 5.41) is 16.6. The minimum absolute atomic E-state index is 0.254. The van der Waals surface area contributed by atoms with Crippen molar-refractivity contribution < 1.29 is 14.9 Å². The van der Waals surface area contributed by atoms with Gasteiger partial charge in [0.05, 0.1) is 12.9 Å². The average molecular weight is 132 g/mol. The van der Waals surface area contributed by atoms with Crippen molar-refractivity contribution in [3.63, 3.8) is 0 Å². The number of rotatable bonds is 4. The van der Waals surface area contributed by atoms with Gasteiger partial charge in [0.1, 0.15) is 0 Å². The zero-order valence-electron chi connectivity index (χ0n) is 5.45. The summed E-state index contributed by atoms with van der Waals surface area (Å²) in [5.41, 5.74) is 0. The lowest BCUT2D eigenvalue weighted by Gasteiger charge is -2.01. The van der Waals surface area contributed by atoms with Gasteiger partial charge in [-0.1, -0.05) is 6.08 Å². The third-order valence-electron chi connectivity index (χ3n) is 0.726. The van der Waals surface area contributed by atoms with Crippen LogP contribution in [0.1, 0.15) is 13.3 Å². The fraction of sp³-hybridized carbons (Fsp3) is 0.667. The molecule has 0 aliphatic carbocycles. The topological polar surface area (TPSA) is 49.7 Å². The van der Waals surface area contributed by atoms with E-state index in [9.17, 15) is 0 Å². The summed E-state index contributed by atoms with van der Waals surface area (Å²) in [6, 6.07) is 0. The van der Waals surface area contributed by atoms with Gasteiger partial charge in [-0.3, -0.25) is 0 Å². The zero-order chi connectivity index (χ0) is 7.11. The Morgan fingerprint density at radius 1 is 1.56 bits per heavy atom. The second kappa shape index (κ2) is 5.59. The quantitative estimate of drug-likeness (QED) is 0.327. The van der Waals surface area contributed by atoms with E-state index in [-0.39, 0.29) is 6.42 Å². The first-order valence-electron chi connectivity index (χ1n) is 2.86. The van der Waals surface area contributed by atoms with Crippen molar-refractivity contribution in [2.75, 3.05) is 6.61 Å². The third-order valence-corrected chi connectivity index (χ3v) is 0.726. The number of hydrogen-bond acceptors (Lipinski definition) is 3. The molecule has 0 aliphatic heterocycles. The van der Waals surface area contributed by atoms with Crippen LogP contribution in [0.15, 0.2) is 12.3 Å². The van der Waals surface area contributed by atoms with Crippen molar-refractivity contribution in [2.45, 2.75) is 19.6 Å². The van der Waals surface area contributed by atoms with Gasteiger partial charge in [0.15, 0.2) is 6.29 Å². The van der Waals surface area contributed by atoms with Gasteiger partial charge >= 0.3 is 0 Å². The Balaban J connectivity index is 2.91. The SMILES string of the molecule is CC=COCCC(O)O. The summed E-state index contributed by atoms with van der Waals surface area (Å²) in [4.78, 5) is 0. The van der Waals surface area contributed by atoms with Crippen molar-refractivity contribution in [3.8, 4) is 0 Å². The molecular formula is C6H12O3. The Hall–Kier alpha value is -0.540. The Kier molecular flexibility index (Phi) is 5.26. The standard InChI is InChI=1S/C6H12O3/c1-2-4-9-5-3-6(7)8/h2,4,6-8H,3,5H2,1H3. The van der Waals surface area contributed by atoms with E-state index in [1.54, 1.807) is 6.08 Å². The van der Waals surface area contributed by atoms with Gasteiger partial charge in [0, 0.05) is 6.42 Å². The van der Waals surface area contributed by atoms with Crippen LogP contribution < -0.4 is 0 Å². The second-order valence-electron chi connectivity index (χ2n) is 1.61. The Morgan fingerprint density at radius 3 is 2.67 bits per heavy atom. The van der Waals surface area contributed by atoms with Crippen LogP contribution in [-0.2, 0) is 4.74 Å². The minimum atomic E-state index is -1.25. The molecule has 0 aromatic carbocycles. The lowest BCUT2D eigenvalue weighted by molar-refractivity contribution is -0.0548. The molecule has 0 saturated heterocycles. The highest BCUT2D eigenvalue weighted by Crippen LogP contribution is 1.87. The lowest BCUT2D eigenvalue weighted by atomic mass is 10.4. The Labute approximate surface area is 54.6 Å². The molecule has 0 heterocycles. The van der Waals surface area contributed by atoms with Gasteiger partial charge in [0.2, 0.25) is 0 Å². The van der Waals surface area contributed by atoms with E-state index >= 15 is 0 Å². The van der Waals surface area contributed by atoms with Crippen molar-refractivity contribution in [1.29, 1.82) is 0 Å². The summed E-state index contributed by atoms with van der Waals surface area (Å²) in [5.74, 6) is 0. The van der Waals surface area contributed by atoms with Gasteiger partial charge < -0.3 is 14.9 Å². The van der Waals surface area contributed by atoms with Crippen LogP contribution in [0, 0.1) is 0 Å². The number of aliphatic hydroxyl groups is 2. The third kappa shape index (κ3) is 7.46. The first-order chi connectivity index (χ1) is 4.27. The lowest BCUT2D eigenvalue weighted by Crippen LogP contribution is -2.06. The molecule has 0 bridgehead atoms. The number of hydrogen-bond donors (Lipinski definition) is 2. The first-order valence-corrected chi connectivity index (χ1v) is 2.86. The average Bonchev–Trinajstić information content (AvgIpc) is 1.80. The van der Waals surface area contributed by atoms with Crippen molar-refractivity contribution in [2.24, 2.45) is 0 Å². The molecule has 0 unspecified atom stereocenters. The Bertz CT molecular complexity index is 78.4. The first kappa shape index (κ1) is 8.46. The molecule has 0 rings (SSSR count). The Morgan fingerprint density at radius 2 is 2.22 bits per heavy atom. The predicted molar refractivity (Wildman–Crippen MR) is 33.6 cm³/mol. The molecule has 0 aromatic rings. The van der Waals surface area contributed by atoms with Crippen LogP contribution in [0.3, 0.4) is 0 Å². The predicted octanol–water partition coefficient (Wildman–Crippen LogP) is 0.237. The van der Waals surface area contributed by atoms with Crippen molar-refractivity contribution in [1.82, 2.24) is 0 Å². The number of allylic oxidation sites excluding steroid dienone is 1. The summed E-state index contributed by atoms with van der Waals surface area (Å²) in [6.45, 7) is 2.18. The second-order valence-corrected chi connectivity index (χ2v) is 1.61. The maximum atomic E-state index is 8.30. The highest BCUT2D eigenvalue weighted by molar-refractivity contribution is 4.64. The van der Waals surface area contributed by atoms with Gasteiger partial charge in [-0.05, 0) is 6.92 Å². The number of ether oxygens (including phenoxy) is 1. The molecule has 54 valence electrons. The van der Waals surface area contributed by atoms with Crippen molar-refractivity contribution >= 4 is 0 Å². The summed E-state index contributed by atoms with van der Waals surface area (Å²) in [6.07, 6.45) is 2.26. The zero-order valence-corrected chi connectivity index (χ0v) is 5.45. The number of aliphatic hydroxyl groups excluding tert-OH is 1. The van der Waals surface area contributed by atoms with Crippen LogP contribution in [0.2, 0.25) is 0 Å². The fourth-order valence-electron chi connectivity index (χ4n) is 0.338.